The second-order valence-electron chi connectivity index (χ2n) is 9.63. The Hall–Kier alpha value is -3.62. The van der Waals surface area contributed by atoms with Crippen molar-refractivity contribution in [3.8, 4) is 16.9 Å². The molecule has 3 aliphatic rings. The summed E-state index contributed by atoms with van der Waals surface area (Å²) >= 11 is 0. The number of anilines is 1. The van der Waals surface area contributed by atoms with Gasteiger partial charge in [-0.1, -0.05) is 0 Å². The van der Waals surface area contributed by atoms with Gasteiger partial charge in [-0.15, -0.1) is 0 Å². The summed E-state index contributed by atoms with van der Waals surface area (Å²) in [5.41, 5.74) is 3.85. The van der Waals surface area contributed by atoms with E-state index < -0.39 is 5.41 Å². The van der Waals surface area contributed by atoms with E-state index in [1.54, 1.807) is 13.3 Å². The lowest BCUT2D eigenvalue weighted by molar-refractivity contribution is -0.127. The summed E-state index contributed by atoms with van der Waals surface area (Å²) < 4.78 is 5.61. The Labute approximate surface area is 197 Å². The lowest BCUT2D eigenvalue weighted by Gasteiger charge is -2.37. The Morgan fingerprint density at radius 3 is 2.65 bits per heavy atom. The van der Waals surface area contributed by atoms with Crippen molar-refractivity contribution in [1.29, 1.82) is 0 Å². The molecule has 4 heterocycles. The molecule has 0 bridgehead atoms. The summed E-state index contributed by atoms with van der Waals surface area (Å²) in [6.07, 6.45) is 8.04. The molecular weight excluding hydrogens is 432 g/mol. The smallest absolute Gasteiger partial charge is 0.271 e. The topological polar surface area (TPSA) is 107 Å². The summed E-state index contributed by atoms with van der Waals surface area (Å²) in [7, 11) is 1.63. The van der Waals surface area contributed by atoms with Crippen LogP contribution in [0.3, 0.4) is 0 Å². The van der Waals surface area contributed by atoms with Crippen LogP contribution >= 0.6 is 0 Å². The molecule has 0 radical (unpaired) electrons. The van der Waals surface area contributed by atoms with Gasteiger partial charge in [0.2, 0.25) is 5.91 Å². The van der Waals surface area contributed by atoms with Gasteiger partial charge in [-0.25, -0.2) is 0 Å². The summed E-state index contributed by atoms with van der Waals surface area (Å²) in [6, 6.07) is 7.76. The standard InChI is InChI=1S/C25H28N6O3/c1-34-22-12-18(4-5-19(22)17-14-26-27-15-17)31-11-8-25(24(31)33)6-9-30(10-7-25)23(32)21-13-20(28-29-21)16-2-3-16/h4-5,12-16H,2-3,6-11H2,1H3,(H,26,27)(H,28,29). The first-order chi connectivity index (χ1) is 16.6. The fraction of sp³-hybridized carbons (Fsp3) is 0.440. The molecule has 1 aliphatic carbocycles. The van der Waals surface area contributed by atoms with Gasteiger partial charge < -0.3 is 14.5 Å². The van der Waals surface area contributed by atoms with Gasteiger partial charge in [0.05, 0.1) is 24.4 Å². The Balaban J connectivity index is 1.15. The van der Waals surface area contributed by atoms with Gasteiger partial charge >= 0.3 is 0 Å². The average Bonchev–Trinajstić information content (AvgIpc) is 3.24. The number of likely N-dealkylation sites (tertiary alicyclic amines) is 1. The highest BCUT2D eigenvalue weighted by atomic mass is 16.5. The van der Waals surface area contributed by atoms with E-state index in [0.717, 1.165) is 41.8 Å². The number of nitrogens with one attached hydrogen (secondary N) is 2. The van der Waals surface area contributed by atoms with Crippen molar-refractivity contribution >= 4 is 17.5 Å². The molecule has 9 heteroatoms. The zero-order chi connectivity index (χ0) is 23.3. The molecule has 0 atom stereocenters. The number of benzene rings is 1. The number of hydrogen-bond acceptors (Lipinski definition) is 5. The summed E-state index contributed by atoms with van der Waals surface area (Å²) in [5.74, 6) is 1.35. The van der Waals surface area contributed by atoms with Gasteiger partial charge in [-0.05, 0) is 50.3 Å². The number of piperidine rings is 1. The van der Waals surface area contributed by atoms with Gasteiger partial charge in [-0.2, -0.15) is 10.2 Å². The van der Waals surface area contributed by atoms with E-state index >= 15 is 0 Å². The highest BCUT2D eigenvalue weighted by Gasteiger charge is 2.49. The van der Waals surface area contributed by atoms with Crippen molar-refractivity contribution in [2.24, 2.45) is 5.41 Å². The van der Waals surface area contributed by atoms with Crippen molar-refractivity contribution in [1.82, 2.24) is 25.3 Å². The van der Waals surface area contributed by atoms with E-state index in [-0.39, 0.29) is 11.8 Å². The zero-order valence-corrected chi connectivity index (χ0v) is 19.2. The van der Waals surface area contributed by atoms with Crippen LogP contribution in [0.4, 0.5) is 5.69 Å². The van der Waals surface area contributed by atoms with Crippen molar-refractivity contribution in [2.45, 2.75) is 38.0 Å². The maximum atomic E-state index is 13.6. The first kappa shape index (κ1) is 20.9. The van der Waals surface area contributed by atoms with Crippen LogP contribution in [0.1, 0.15) is 54.2 Å². The van der Waals surface area contributed by atoms with Crippen LogP contribution in [0.2, 0.25) is 0 Å². The second-order valence-corrected chi connectivity index (χ2v) is 9.63. The molecule has 1 saturated carbocycles. The molecule has 1 spiro atoms. The Morgan fingerprint density at radius 2 is 1.94 bits per heavy atom. The van der Waals surface area contributed by atoms with E-state index in [1.165, 1.54) is 0 Å². The molecular formula is C25H28N6O3. The molecule has 34 heavy (non-hydrogen) atoms. The number of rotatable bonds is 5. The number of carbonyl (C=O) groups is 2. The molecule has 9 nitrogen and oxygen atoms in total. The first-order valence-corrected chi connectivity index (χ1v) is 11.9. The van der Waals surface area contributed by atoms with Crippen LogP contribution < -0.4 is 9.64 Å². The molecule has 3 aromatic rings. The van der Waals surface area contributed by atoms with Crippen LogP contribution in [0, 0.1) is 5.41 Å². The number of nitrogens with zero attached hydrogens (tertiary/aromatic N) is 4. The third-order valence-corrected chi connectivity index (χ3v) is 7.65. The highest BCUT2D eigenvalue weighted by molar-refractivity contribution is 6.01. The number of hydrogen-bond donors (Lipinski definition) is 2. The Morgan fingerprint density at radius 1 is 1.15 bits per heavy atom. The molecule has 3 fully saturated rings. The van der Waals surface area contributed by atoms with Gasteiger partial charge in [0.25, 0.3) is 5.91 Å². The molecule has 2 N–H and O–H groups in total. The first-order valence-electron chi connectivity index (χ1n) is 11.9. The Kier molecular flexibility index (Phi) is 4.93. The van der Waals surface area contributed by atoms with E-state index in [1.807, 2.05) is 40.3 Å². The molecule has 2 aliphatic heterocycles. The second kappa shape index (κ2) is 8.00. The van der Waals surface area contributed by atoms with Crippen molar-refractivity contribution in [3.63, 3.8) is 0 Å². The van der Waals surface area contributed by atoms with Crippen molar-refractivity contribution in [2.75, 3.05) is 31.6 Å². The molecule has 2 amide bonds. The zero-order valence-electron chi connectivity index (χ0n) is 19.2. The molecule has 2 aromatic heterocycles. The number of ether oxygens (including phenoxy) is 1. The van der Waals surface area contributed by atoms with E-state index in [9.17, 15) is 9.59 Å². The fourth-order valence-corrected chi connectivity index (χ4v) is 5.36. The third kappa shape index (κ3) is 3.46. The summed E-state index contributed by atoms with van der Waals surface area (Å²) in [5, 5.41) is 14.1. The van der Waals surface area contributed by atoms with Gasteiger partial charge in [0.15, 0.2) is 0 Å². The van der Waals surface area contributed by atoms with Crippen LogP contribution in [0.25, 0.3) is 11.1 Å². The van der Waals surface area contributed by atoms with Crippen LogP contribution in [0.5, 0.6) is 5.75 Å². The number of H-pyrrole nitrogens is 2. The number of aromatic nitrogens is 4. The Bertz CT molecular complexity index is 1220. The fourth-order valence-electron chi connectivity index (χ4n) is 5.36. The normalized spacial score (nSPS) is 19.7. The minimum absolute atomic E-state index is 0.0175. The monoisotopic (exact) mass is 460 g/mol. The number of aromatic amines is 2. The average molecular weight is 461 g/mol. The summed E-state index contributed by atoms with van der Waals surface area (Å²) in [6.45, 7) is 1.84. The van der Waals surface area contributed by atoms with E-state index in [2.05, 4.69) is 20.4 Å². The number of amides is 2. The molecule has 1 aromatic carbocycles. The van der Waals surface area contributed by atoms with Crippen LogP contribution in [-0.4, -0.2) is 63.9 Å². The summed E-state index contributed by atoms with van der Waals surface area (Å²) in [4.78, 5) is 30.3. The molecule has 176 valence electrons. The maximum absolute atomic E-state index is 13.6. The minimum Gasteiger partial charge on any atom is -0.496 e. The molecule has 2 saturated heterocycles. The molecule has 6 rings (SSSR count). The minimum atomic E-state index is -0.402. The third-order valence-electron chi connectivity index (χ3n) is 7.65. The lowest BCUT2D eigenvalue weighted by atomic mass is 9.77. The van der Waals surface area contributed by atoms with E-state index in [4.69, 9.17) is 4.74 Å². The highest BCUT2D eigenvalue weighted by Crippen LogP contribution is 2.45. The predicted octanol–water partition coefficient (Wildman–Crippen LogP) is 3.35. The van der Waals surface area contributed by atoms with Gasteiger partial charge in [0.1, 0.15) is 11.4 Å². The maximum Gasteiger partial charge on any atom is 0.271 e. The molecule has 0 unspecified atom stereocenters. The lowest BCUT2D eigenvalue weighted by Crippen LogP contribution is -2.46. The largest absolute Gasteiger partial charge is 0.496 e. The number of methoxy groups -OCH3 is 1. The van der Waals surface area contributed by atoms with Crippen molar-refractivity contribution in [3.05, 3.63) is 48.0 Å². The van der Waals surface area contributed by atoms with Crippen molar-refractivity contribution < 1.29 is 14.3 Å². The SMILES string of the molecule is COc1cc(N2CCC3(CCN(C(=O)c4cc(C5CC5)n[nH]4)CC3)C2=O)ccc1-c1cn[nH]c1. The van der Waals surface area contributed by atoms with E-state index in [0.29, 0.717) is 49.8 Å². The van der Waals surface area contributed by atoms with Crippen LogP contribution in [0.15, 0.2) is 36.7 Å². The van der Waals surface area contributed by atoms with Crippen LogP contribution in [-0.2, 0) is 4.79 Å². The quantitative estimate of drug-likeness (QED) is 0.607. The predicted molar refractivity (Wildman–Crippen MR) is 126 cm³/mol. The number of carbonyl (C=O) groups excluding carboxylic acids is 2. The van der Waals surface area contributed by atoms with Gasteiger partial charge in [-0.3, -0.25) is 19.8 Å². The van der Waals surface area contributed by atoms with Gasteiger partial charge in [0, 0.05) is 54.6 Å².